The Morgan fingerprint density at radius 1 is 1.26 bits per heavy atom. The van der Waals surface area contributed by atoms with Crippen molar-refractivity contribution in [3.8, 4) is 5.75 Å². The van der Waals surface area contributed by atoms with E-state index in [-0.39, 0.29) is 30.5 Å². The molecule has 1 aliphatic rings. The van der Waals surface area contributed by atoms with Gasteiger partial charge in [0.2, 0.25) is 17.1 Å². The van der Waals surface area contributed by atoms with E-state index in [1.807, 2.05) is 18.2 Å². The lowest BCUT2D eigenvalue weighted by molar-refractivity contribution is -0.132. The van der Waals surface area contributed by atoms with Crippen LogP contribution >= 0.6 is 0 Å². The number of carbonyl (C=O) groups is 1. The number of ether oxygens (including phenoxy) is 1. The van der Waals surface area contributed by atoms with Crippen molar-refractivity contribution in [1.29, 1.82) is 0 Å². The van der Waals surface area contributed by atoms with Gasteiger partial charge in [-0.15, -0.1) is 0 Å². The zero-order valence-electron chi connectivity index (χ0n) is 18.8. The molecule has 2 N–H and O–H groups in total. The van der Waals surface area contributed by atoms with Gasteiger partial charge >= 0.3 is 0 Å². The van der Waals surface area contributed by atoms with Gasteiger partial charge in [0.1, 0.15) is 12.4 Å². The molecule has 0 radical (unpaired) electrons. The number of nitrogens with one attached hydrogen (secondary N) is 1. The number of hydrogen-bond donors (Lipinski definition) is 2. The zero-order valence-corrected chi connectivity index (χ0v) is 18.8. The van der Waals surface area contributed by atoms with E-state index >= 15 is 0 Å². The Kier molecular flexibility index (Phi) is 5.90. The van der Waals surface area contributed by atoms with Crippen molar-refractivity contribution >= 4 is 16.8 Å². The highest BCUT2D eigenvalue weighted by atomic mass is 16.5. The van der Waals surface area contributed by atoms with Crippen molar-refractivity contribution in [1.82, 2.24) is 14.9 Å². The standard InChI is InChI=1S/C26H25N3O5/c1-33-15-17-12-23(30)25(32)26(34-17)20(16-6-9-27-10-7-16)13-24(31)29-11-8-19-18-4-2-3-5-21(18)28-22(19)14-29/h2-7,9-10,12,20,28,32H,8,11,13-15H2,1H3/t20-/m1/s1. The summed E-state index contributed by atoms with van der Waals surface area (Å²) in [6.45, 7) is 1.15. The Morgan fingerprint density at radius 2 is 2.06 bits per heavy atom. The van der Waals surface area contributed by atoms with Crippen molar-refractivity contribution in [2.75, 3.05) is 13.7 Å². The van der Waals surface area contributed by atoms with Crippen LogP contribution in [0.15, 0.2) is 64.1 Å². The molecule has 4 heterocycles. The number of carbonyl (C=O) groups excluding carboxylic acids is 1. The number of methoxy groups -OCH3 is 1. The van der Waals surface area contributed by atoms with E-state index in [0.29, 0.717) is 13.1 Å². The number of aromatic hydroxyl groups is 1. The lowest BCUT2D eigenvalue weighted by atomic mass is 9.92. The van der Waals surface area contributed by atoms with Gasteiger partial charge < -0.3 is 24.1 Å². The fourth-order valence-electron chi connectivity index (χ4n) is 4.67. The van der Waals surface area contributed by atoms with E-state index in [1.54, 1.807) is 29.4 Å². The first kappa shape index (κ1) is 21.9. The number of fused-ring (bicyclic) bond motifs is 3. The van der Waals surface area contributed by atoms with E-state index in [0.717, 1.165) is 23.2 Å². The molecule has 0 aliphatic carbocycles. The van der Waals surface area contributed by atoms with Crippen LogP contribution < -0.4 is 5.43 Å². The molecule has 0 bridgehead atoms. The van der Waals surface area contributed by atoms with Crippen molar-refractivity contribution < 1.29 is 19.1 Å². The van der Waals surface area contributed by atoms with Gasteiger partial charge in [0.05, 0.1) is 12.5 Å². The highest BCUT2D eigenvalue weighted by molar-refractivity contribution is 5.86. The lowest BCUT2D eigenvalue weighted by Gasteiger charge is -2.29. The molecule has 4 aromatic rings. The molecule has 0 saturated carbocycles. The average molecular weight is 460 g/mol. The fraction of sp³-hybridized carbons (Fsp3) is 0.269. The second-order valence-corrected chi connectivity index (χ2v) is 8.45. The maximum absolute atomic E-state index is 13.5. The number of hydrogen-bond acceptors (Lipinski definition) is 6. The Morgan fingerprint density at radius 3 is 2.85 bits per heavy atom. The number of aromatic nitrogens is 2. The molecule has 0 fully saturated rings. The molecule has 0 unspecified atom stereocenters. The summed E-state index contributed by atoms with van der Waals surface area (Å²) in [5, 5.41) is 11.8. The summed E-state index contributed by atoms with van der Waals surface area (Å²) in [5.74, 6) is -0.893. The summed E-state index contributed by atoms with van der Waals surface area (Å²) in [6, 6.07) is 12.9. The second-order valence-electron chi connectivity index (χ2n) is 8.45. The first-order chi connectivity index (χ1) is 16.5. The minimum atomic E-state index is -0.649. The largest absolute Gasteiger partial charge is 0.502 e. The Labute approximate surface area is 195 Å². The quantitative estimate of drug-likeness (QED) is 0.457. The van der Waals surface area contributed by atoms with E-state index in [2.05, 4.69) is 16.0 Å². The van der Waals surface area contributed by atoms with Crippen LogP contribution in [0.4, 0.5) is 0 Å². The number of amides is 1. The van der Waals surface area contributed by atoms with Crippen molar-refractivity contribution in [3.63, 3.8) is 0 Å². The van der Waals surface area contributed by atoms with Crippen LogP contribution in [0.2, 0.25) is 0 Å². The van der Waals surface area contributed by atoms with E-state index in [4.69, 9.17) is 9.15 Å². The molecule has 0 saturated heterocycles. The molecule has 1 aromatic carbocycles. The molecular formula is C26H25N3O5. The normalized spacial score (nSPS) is 14.2. The van der Waals surface area contributed by atoms with Crippen LogP contribution in [0, 0.1) is 0 Å². The van der Waals surface area contributed by atoms with Crippen molar-refractivity contribution in [3.05, 3.63) is 93.4 Å². The number of para-hydroxylation sites is 1. The monoisotopic (exact) mass is 459 g/mol. The topological polar surface area (TPSA) is 109 Å². The number of nitrogens with zero attached hydrogens (tertiary/aromatic N) is 2. The summed E-state index contributed by atoms with van der Waals surface area (Å²) >= 11 is 0. The molecule has 174 valence electrons. The van der Waals surface area contributed by atoms with Crippen molar-refractivity contribution in [2.45, 2.75) is 31.9 Å². The third kappa shape index (κ3) is 4.08. The van der Waals surface area contributed by atoms with Crippen LogP contribution in [0.5, 0.6) is 5.75 Å². The van der Waals surface area contributed by atoms with Gasteiger partial charge in [0, 0.05) is 55.1 Å². The molecule has 3 aromatic heterocycles. The van der Waals surface area contributed by atoms with Gasteiger partial charge in [-0.3, -0.25) is 14.6 Å². The second kappa shape index (κ2) is 9.15. The van der Waals surface area contributed by atoms with E-state index in [1.165, 1.54) is 24.1 Å². The lowest BCUT2D eigenvalue weighted by Crippen LogP contribution is -2.36. The Bertz CT molecular complexity index is 1390. The Balaban J connectivity index is 1.46. The summed E-state index contributed by atoms with van der Waals surface area (Å²) in [5.41, 5.74) is 3.51. The number of rotatable bonds is 6. The zero-order chi connectivity index (χ0) is 23.7. The summed E-state index contributed by atoms with van der Waals surface area (Å²) in [6.07, 6.45) is 4.01. The van der Waals surface area contributed by atoms with Crippen LogP contribution in [-0.2, 0) is 29.1 Å². The molecule has 1 aliphatic heterocycles. The smallest absolute Gasteiger partial charge is 0.227 e. The molecule has 1 amide bonds. The SMILES string of the molecule is COCc1cc(=O)c(O)c([C@H](CC(=O)N2CCc3c([nH]c4ccccc34)C2)c2ccncc2)o1. The first-order valence-electron chi connectivity index (χ1n) is 11.2. The van der Waals surface area contributed by atoms with Gasteiger partial charge in [0.15, 0.2) is 5.76 Å². The van der Waals surface area contributed by atoms with E-state index in [9.17, 15) is 14.7 Å². The average Bonchev–Trinajstić information content (AvgIpc) is 3.23. The molecule has 0 spiro atoms. The van der Waals surface area contributed by atoms with Gasteiger partial charge in [-0.1, -0.05) is 18.2 Å². The number of benzene rings is 1. The number of aromatic amines is 1. The van der Waals surface area contributed by atoms with Crippen LogP contribution in [0.25, 0.3) is 10.9 Å². The minimum Gasteiger partial charge on any atom is -0.502 e. The minimum absolute atomic E-state index is 0.0342. The highest BCUT2D eigenvalue weighted by Gasteiger charge is 2.30. The molecule has 8 heteroatoms. The van der Waals surface area contributed by atoms with Gasteiger partial charge in [0.25, 0.3) is 0 Å². The van der Waals surface area contributed by atoms with Gasteiger partial charge in [-0.2, -0.15) is 0 Å². The third-order valence-corrected chi connectivity index (χ3v) is 6.33. The Hall–Kier alpha value is -3.91. The molecular weight excluding hydrogens is 434 g/mol. The van der Waals surface area contributed by atoms with Gasteiger partial charge in [-0.05, 0) is 35.7 Å². The molecule has 34 heavy (non-hydrogen) atoms. The maximum atomic E-state index is 13.5. The van der Waals surface area contributed by atoms with Gasteiger partial charge in [-0.25, -0.2) is 0 Å². The maximum Gasteiger partial charge on any atom is 0.227 e. The molecule has 1 atom stereocenters. The third-order valence-electron chi connectivity index (χ3n) is 6.33. The summed E-state index contributed by atoms with van der Waals surface area (Å²) in [4.78, 5) is 35.2. The predicted molar refractivity (Wildman–Crippen MR) is 125 cm³/mol. The highest BCUT2D eigenvalue weighted by Crippen LogP contribution is 2.34. The predicted octanol–water partition coefficient (Wildman–Crippen LogP) is 3.48. The fourth-order valence-corrected chi connectivity index (χ4v) is 4.67. The summed E-state index contributed by atoms with van der Waals surface area (Å²) in [7, 11) is 1.49. The molecule has 8 nitrogen and oxygen atoms in total. The number of H-pyrrole nitrogens is 1. The number of pyridine rings is 1. The van der Waals surface area contributed by atoms with Crippen LogP contribution in [0.1, 0.15) is 40.7 Å². The molecule has 5 rings (SSSR count). The van der Waals surface area contributed by atoms with Crippen molar-refractivity contribution in [2.24, 2.45) is 0 Å². The first-order valence-corrected chi connectivity index (χ1v) is 11.2. The van der Waals surface area contributed by atoms with Crippen LogP contribution in [0.3, 0.4) is 0 Å². The van der Waals surface area contributed by atoms with Crippen LogP contribution in [-0.4, -0.2) is 39.5 Å². The summed E-state index contributed by atoms with van der Waals surface area (Å²) < 4.78 is 11.0. The van der Waals surface area contributed by atoms with E-state index < -0.39 is 17.1 Å².